The third-order valence-electron chi connectivity index (χ3n) is 3.45. The fourth-order valence-electron chi connectivity index (χ4n) is 2.41. The van der Waals surface area contributed by atoms with Gasteiger partial charge in [0.2, 0.25) is 0 Å². The van der Waals surface area contributed by atoms with Crippen LogP contribution in [0.3, 0.4) is 0 Å². The van der Waals surface area contributed by atoms with Crippen LogP contribution in [-0.2, 0) is 4.74 Å². The molecule has 16 heavy (non-hydrogen) atoms. The van der Waals surface area contributed by atoms with Crippen LogP contribution < -0.4 is 5.73 Å². The summed E-state index contributed by atoms with van der Waals surface area (Å²) in [5.41, 5.74) is 5.74. The van der Waals surface area contributed by atoms with Crippen LogP contribution in [0.2, 0.25) is 0 Å². The normalized spacial score (nSPS) is 27.9. The van der Waals surface area contributed by atoms with Crippen LogP contribution in [0.15, 0.2) is 22.8 Å². The summed E-state index contributed by atoms with van der Waals surface area (Å²) in [7, 11) is 0. The molecule has 2 N–H and O–H groups in total. The first kappa shape index (κ1) is 11.7. The summed E-state index contributed by atoms with van der Waals surface area (Å²) in [5.74, 6) is 1.48. The first-order valence-corrected chi connectivity index (χ1v) is 6.20. The van der Waals surface area contributed by atoms with Gasteiger partial charge >= 0.3 is 0 Å². The monoisotopic (exact) mass is 223 g/mol. The minimum Gasteiger partial charge on any atom is -0.467 e. The molecule has 1 aliphatic carbocycles. The maximum atomic E-state index is 6.08. The Hall–Kier alpha value is -0.800. The maximum Gasteiger partial charge on any atom is 0.133 e. The Kier molecular flexibility index (Phi) is 4.02. The topological polar surface area (TPSA) is 48.4 Å². The van der Waals surface area contributed by atoms with Crippen molar-refractivity contribution >= 4 is 0 Å². The van der Waals surface area contributed by atoms with E-state index in [0.717, 1.165) is 12.2 Å². The van der Waals surface area contributed by atoms with Gasteiger partial charge in [-0.25, -0.2) is 0 Å². The van der Waals surface area contributed by atoms with E-state index in [1.807, 2.05) is 12.1 Å². The standard InChI is InChI=1S/C13H21NO2/c1-10-5-2-3-6-11(10)16-13(9-14)12-7-4-8-15-12/h4,7-8,10-11,13H,2-3,5-6,9,14H2,1H3. The fourth-order valence-corrected chi connectivity index (χ4v) is 2.41. The number of hydrogen-bond donors (Lipinski definition) is 1. The highest BCUT2D eigenvalue weighted by Gasteiger charge is 2.26. The van der Waals surface area contributed by atoms with Crippen molar-refractivity contribution in [2.75, 3.05) is 6.54 Å². The lowest BCUT2D eigenvalue weighted by Gasteiger charge is -2.31. The second-order valence-electron chi connectivity index (χ2n) is 4.68. The van der Waals surface area contributed by atoms with Crippen molar-refractivity contribution in [3.05, 3.63) is 24.2 Å². The minimum absolute atomic E-state index is 0.0828. The van der Waals surface area contributed by atoms with Gasteiger partial charge in [0.25, 0.3) is 0 Å². The highest BCUT2D eigenvalue weighted by molar-refractivity contribution is 5.03. The molecule has 0 aliphatic heterocycles. The van der Waals surface area contributed by atoms with Gasteiger partial charge < -0.3 is 14.9 Å². The van der Waals surface area contributed by atoms with Crippen LogP contribution >= 0.6 is 0 Å². The van der Waals surface area contributed by atoms with Gasteiger partial charge in [-0.1, -0.05) is 19.8 Å². The summed E-state index contributed by atoms with van der Waals surface area (Å²) in [5, 5.41) is 0. The summed E-state index contributed by atoms with van der Waals surface area (Å²) >= 11 is 0. The molecule has 3 heteroatoms. The average Bonchev–Trinajstić information content (AvgIpc) is 2.81. The molecule has 0 saturated heterocycles. The molecule has 0 radical (unpaired) electrons. The molecule has 0 amide bonds. The highest BCUT2D eigenvalue weighted by Crippen LogP contribution is 2.30. The van der Waals surface area contributed by atoms with Gasteiger partial charge in [-0.05, 0) is 30.9 Å². The molecule has 1 heterocycles. The smallest absolute Gasteiger partial charge is 0.133 e. The summed E-state index contributed by atoms with van der Waals surface area (Å²) in [6, 6.07) is 3.82. The van der Waals surface area contributed by atoms with E-state index in [-0.39, 0.29) is 6.10 Å². The zero-order valence-corrected chi connectivity index (χ0v) is 9.89. The lowest BCUT2D eigenvalue weighted by Crippen LogP contribution is -2.29. The molecular weight excluding hydrogens is 202 g/mol. The number of nitrogens with two attached hydrogens (primary N) is 1. The molecule has 1 saturated carbocycles. The highest BCUT2D eigenvalue weighted by atomic mass is 16.5. The Morgan fingerprint density at radius 2 is 2.31 bits per heavy atom. The van der Waals surface area contributed by atoms with Gasteiger partial charge in [0.15, 0.2) is 0 Å². The Labute approximate surface area is 97.0 Å². The third-order valence-corrected chi connectivity index (χ3v) is 3.45. The van der Waals surface area contributed by atoms with Crippen molar-refractivity contribution in [2.45, 2.75) is 44.8 Å². The van der Waals surface area contributed by atoms with E-state index >= 15 is 0 Å². The Balaban J connectivity index is 1.95. The lowest BCUT2D eigenvalue weighted by molar-refractivity contribution is -0.0610. The van der Waals surface area contributed by atoms with Crippen LogP contribution in [-0.4, -0.2) is 12.6 Å². The molecule has 90 valence electrons. The number of furan rings is 1. The number of rotatable bonds is 4. The van der Waals surface area contributed by atoms with E-state index in [0.29, 0.717) is 18.6 Å². The molecule has 1 aromatic heterocycles. The zero-order valence-electron chi connectivity index (χ0n) is 9.89. The van der Waals surface area contributed by atoms with Gasteiger partial charge in [0, 0.05) is 6.54 Å². The minimum atomic E-state index is -0.0828. The van der Waals surface area contributed by atoms with Crippen molar-refractivity contribution in [1.82, 2.24) is 0 Å². The fraction of sp³-hybridized carbons (Fsp3) is 0.692. The largest absolute Gasteiger partial charge is 0.467 e. The Morgan fingerprint density at radius 3 is 2.94 bits per heavy atom. The molecular formula is C13H21NO2. The van der Waals surface area contributed by atoms with Crippen molar-refractivity contribution in [3.63, 3.8) is 0 Å². The molecule has 0 spiro atoms. The molecule has 3 unspecified atom stereocenters. The quantitative estimate of drug-likeness (QED) is 0.853. The molecule has 3 atom stereocenters. The second kappa shape index (κ2) is 5.51. The third kappa shape index (κ3) is 2.66. The SMILES string of the molecule is CC1CCCCC1OC(CN)c1ccco1. The van der Waals surface area contributed by atoms with E-state index < -0.39 is 0 Å². The predicted octanol–water partition coefficient (Wildman–Crippen LogP) is 2.87. The van der Waals surface area contributed by atoms with Crippen LogP contribution in [0.25, 0.3) is 0 Å². The van der Waals surface area contributed by atoms with Gasteiger partial charge in [0.1, 0.15) is 11.9 Å². The molecule has 1 aromatic rings. The lowest BCUT2D eigenvalue weighted by atomic mass is 9.88. The molecule has 3 nitrogen and oxygen atoms in total. The Bertz CT molecular complexity index is 297. The first-order chi connectivity index (χ1) is 7.81. The van der Waals surface area contributed by atoms with Gasteiger partial charge in [-0.2, -0.15) is 0 Å². The average molecular weight is 223 g/mol. The van der Waals surface area contributed by atoms with Crippen LogP contribution in [0, 0.1) is 5.92 Å². The number of ether oxygens (including phenoxy) is 1. The predicted molar refractivity (Wildman–Crippen MR) is 63.0 cm³/mol. The summed E-state index contributed by atoms with van der Waals surface area (Å²) in [4.78, 5) is 0. The second-order valence-corrected chi connectivity index (χ2v) is 4.68. The van der Waals surface area contributed by atoms with Crippen molar-refractivity contribution in [3.8, 4) is 0 Å². The molecule has 0 bridgehead atoms. The van der Waals surface area contributed by atoms with E-state index in [1.54, 1.807) is 6.26 Å². The van der Waals surface area contributed by atoms with Crippen molar-refractivity contribution < 1.29 is 9.15 Å². The summed E-state index contributed by atoms with van der Waals surface area (Å²) < 4.78 is 11.4. The van der Waals surface area contributed by atoms with Crippen molar-refractivity contribution in [1.29, 1.82) is 0 Å². The molecule has 0 aromatic carbocycles. The zero-order chi connectivity index (χ0) is 11.4. The Morgan fingerprint density at radius 1 is 1.50 bits per heavy atom. The van der Waals surface area contributed by atoms with Gasteiger partial charge in [-0.3, -0.25) is 0 Å². The summed E-state index contributed by atoms with van der Waals surface area (Å²) in [6.45, 7) is 2.75. The van der Waals surface area contributed by atoms with Crippen LogP contribution in [0.1, 0.15) is 44.5 Å². The van der Waals surface area contributed by atoms with Gasteiger partial charge in [0.05, 0.1) is 12.4 Å². The first-order valence-electron chi connectivity index (χ1n) is 6.20. The van der Waals surface area contributed by atoms with E-state index in [2.05, 4.69) is 6.92 Å². The molecule has 1 fully saturated rings. The van der Waals surface area contributed by atoms with E-state index in [9.17, 15) is 0 Å². The van der Waals surface area contributed by atoms with E-state index in [4.69, 9.17) is 14.9 Å². The maximum absolute atomic E-state index is 6.08. The van der Waals surface area contributed by atoms with Crippen LogP contribution in [0.5, 0.6) is 0 Å². The molecule has 1 aliphatic rings. The summed E-state index contributed by atoms with van der Waals surface area (Å²) in [6.07, 6.45) is 6.94. The molecule has 2 rings (SSSR count). The van der Waals surface area contributed by atoms with Crippen molar-refractivity contribution in [2.24, 2.45) is 11.7 Å². The van der Waals surface area contributed by atoms with Gasteiger partial charge in [-0.15, -0.1) is 0 Å². The van der Waals surface area contributed by atoms with E-state index in [1.165, 1.54) is 19.3 Å². The van der Waals surface area contributed by atoms with Crippen LogP contribution in [0.4, 0.5) is 0 Å². The number of hydrogen-bond acceptors (Lipinski definition) is 3.